The molecule has 1 N–H and O–H groups in total. The van der Waals surface area contributed by atoms with Crippen LogP contribution in [0.1, 0.15) is 13.3 Å². The van der Waals surface area contributed by atoms with Crippen molar-refractivity contribution in [3.63, 3.8) is 0 Å². The molecule has 0 amide bonds. The van der Waals surface area contributed by atoms with E-state index in [0.717, 1.165) is 24.8 Å². The van der Waals surface area contributed by atoms with Gasteiger partial charge in [-0.15, -0.1) is 0 Å². The predicted octanol–water partition coefficient (Wildman–Crippen LogP) is 0.588. The van der Waals surface area contributed by atoms with Crippen LogP contribution < -0.4 is 5.43 Å². The third kappa shape index (κ3) is 4.70. The molecular weight excluding hydrogens is 140 g/mol. The van der Waals surface area contributed by atoms with Gasteiger partial charge in [-0.2, -0.15) is 0 Å². The van der Waals surface area contributed by atoms with E-state index in [1.165, 1.54) is 0 Å². The fraction of sp³-hybridized carbons (Fsp3) is 0.625. The topological polar surface area (TPSA) is 32.3 Å². The number of hydrogen-bond acceptors (Lipinski definition) is 3. The van der Waals surface area contributed by atoms with Crippen LogP contribution in [0.25, 0.3) is 0 Å². The highest BCUT2D eigenvalue weighted by Gasteiger charge is 1.97. The SMILES string of the molecule is CC/C(=C/C=O)CN(C)NC. The standard InChI is InChI=1S/C8H16N2O/c1-4-8(5-6-11)7-10(3)9-2/h5-6,9H,4,7H2,1-3H3/b8-5-. The lowest BCUT2D eigenvalue weighted by molar-refractivity contribution is -0.104. The van der Waals surface area contributed by atoms with Gasteiger partial charge in [0.05, 0.1) is 0 Å². The molecule has 0 atom stereocenters. The van der Waals surface area contributed by atoms with E-state index in [2.05, 4.69) is 5.43 Å². The van der Waals surface area contributed by atoms with Gasteiger partial charge in [0, 0.05) is 13.6 Å². The Balaban J connectivity index is 3.87. The summed E-state index contributed by atoms with van der Waals surface area (Å²) in [6, 6.07) is 0. The number of aldehydes is 1. The maximum atomic E-state index is 10.1. The summed E-state index contributed by atoms with van der Waals surface area (Å²) < 4.78 is 0. The lowest BCUT2D eigenvalue weighted by atomic mass is 10.2. The van der Waals surface area contributed by atoms with Crippen LogP contribution >= 0.6 is 0 Å². The first-order chi connectivity index (χ1) is 5.24. The Bertz CT molecular complexity index is 143. The van der Waals surface area contributed by atoms with Crippen LogP contribution in [0.4, 0.5) is 0 Å². The Kier molecular flexibility index (Phi) is 5.70. The smallest absolute Gasteiger partial charge is 0.142 e. The Morgan fingerprint density at radius 2 is 2.27 bits per heavy atom. The van der Waals surface area contributed by atoms with Crippen molar-refractivity contribution in [2.45, 2.75) is 13.3 Å². The number of hydrogen-bond donors (Lipinski definition) is 1. The highest BCUT2D eigenvalue weighted by molar-refractivity contribution is 5.66. The number of hydrazine groups is 1. The molecule has 0 fully saturated rings. The highest BCUT2D eigenvalue weighted by Crippen LogP contribution is 1.99. The molecule has 3 nitrogen and oxygen atoms in total. The number of likely N-dealkylation sites (N-methyl/N-ethyl adjacent to an activating group) is 1. The van der Waals surface area contributed by atoms with E-state index < -0.39 is 0 Å². The summed E-state index contributed by atoms with van der Waals surface area (Å²) in [6.45, 7) is 2.84. The molecule has 0 rings (SSSR count). The van der Waals surface area contributed by atoms with E-state index in [4.69, 9.17) is 0 Å². The van der Waals surface area contributed by atoms with Gasteiger partial charge in [-0.1, -0.05) is 12.5 Å². The van der Waals surface area contributed by atoms with Crippen molar-refractivity contribution in [3.05, 3.63) is 11.6 Å². The molecule has 0 radical (unpaired) electrons. The van der Waals surface area contributed by atoms with Gasteiger partial charge < -0.3 is 0 Å². The van der Waals surface area contributed by atoms with Crippen LogP contribution in [0.15, 0.2) is 11.6 Å². The predicted molar refractivity (Wildman–Crippen MR) is 46.1 cm³/mol. The second-order valence-corrected chi connectivity index (χ2v) is 2.39. The van der Waals surface area contributed by atoms with E-state index in [-0.39, 0.29) is 0 Å². The second-order valence-electron chi connectivity index (χ2n) is 2.39. The highest BCUT2D eigenvalue weighted by atomic mass is 16.1. The molecular formula is C8H16N2O. The van der Waals surface area contributed by atoms with Gasteiger partial charge >= 0.3 is 0 Å². The van der Waals surface area contributed by atoms with Gasteiger partial charge in [0.2, 0.25) is 0 Å². The van der Waals surface area contributed by atoms with Crippen molar-refractivity contribution in [2.24, 2.45) is 0 Å². The summed E-state index contributed by atoms with van der Waals surface area (Å²) in [6.07, 6.45) is 3.38. The van der Waals surface area contributed by atoms with E-state index in [0.29, 0.717) is 0 Å². The molecule has 0 bridgehead atoms. The summed E-state index contributed by atoms with van der Waals surface area (Å²) in [5, 5.41) is 1.93. The summed E-state index contributed by atoms with van der Waals surface area (Å²) in [5.41, 5.74) is 4.10. The molecule has 0 heterocycles. The number of allylic oxidation sites excluding steroid dienone is 1. The molecule has 0 saturated carbocycles. The average molecular weight is 156 g/mol. The molecule has 64 valence electrons. The van der Waals surface area contributed by atoms with Crippen molar-refractivity contribution in [2.75, 3.05) is 20.6 Å². The van der Waals surface area contributed by atoms with Crippen molar-refractivity contribution in [1.82, 2.24) is 10.4 Å². The molecule has 11 heavy (non-hydrogen) atoms. The molecule has 0 unspecified atom stereocenters. The summed E-state index contributed by atoms with van der Waals surface area (Å²) in [4.78, 5) is 10.1. The largest absolute Gasteiger partial charge is 0.299 e. The number of carbonyl (C=O) groups is 1. The first-order valence-corrected chi connectivity index (χ1v) is 3.76. The monoisotopic (exact) mass is 156 g/mol. The fourth-order valence-corrected chi connectivity index (χ4v) is 0.762. The summed E-state index contributed by atoms with van der Waals surface area (Å²) >= 11 is 0. The second kappa shape index (κ2) is 6.07. The zero-order valence-corrected chi connectivity index (χ0v) is 7.42. The van der Waals surface area contributed by atoms with Crippen molar-refractivity contribution >= 4 is 6.29 Å². The van der Waals surface area contributed by atoms with E-state index in [1.54, 1.807) is 6.08 Å². The molecule has 0 aromatic heterocycles. The van der Waals surface area contributed by atoms with Crippen LogP contribution in [0, 0.1) is 0 Å². The number of nitrogens with zero attached hydrogens (tertiary/aromatic N) is 1. The minimum atomic E-state index is 0.797. The van der Waals surface area contributed by atoms with Crippen molar-refractivity contribution in [3.8, 4) is 0 Å². The molecule has 0 aliphatic rings. The van der Waals surface area contributed by atoms with E-state index >= 15 is 0 Å². The van der Waals surface area contributed by atoms with Gasteiger partial charge in [0.25, 0.3) is 0 Å². The number of rotatable bonds is 5. The van der Waals surface area contributed by atoms with Crippen molar-refractivity contribution in [1.29, 1.82) is 0 Å². The molecule has 0 saturated heterocycles. The molecule has 3 heteroatoms. The van der Waals surface area contributed by atoms with Crippen LogP contribution in [0.2, 0.25) is 0 Å². The number of carbonyl (C=O) groups excluding carboxylic acids is 1. The molecule has 0 spiro atoms. The van der Waals surface area contributed by atoms with E-state index in [9.17, 15) is 4.79 Å². The molecule has 0 aromatic rings. The molecule has 0 aromatic carbocycles. The first kappa shape index (κ1) is 10.3. The lowest BCUT2D eigenvalue weighted by Crippen LogP contribution is -2.32. The quantitative estimate of drug-likeness (QED) is 0.359. The van der Waals surface area contributed by atoms with Gasteiger partial charge in [0.15, 0.2) is 0 Å². The maximum absolute atomic E-state index is 10.1. The Hall–Kier alpha value is -0.670. The van der Waals surface area contributed by atoms with Gasteiger partial charge in [-0.25, -0.2) is 5.01 Å². The first-order valence-electron chi connectivity index (χ1n) is 3.76. The average Bonchev–Trinajstić information content (AvgIpc) is 2.03. The molecule has 0 aliphatic heterocycles. The Morgan fingerprint density at radius 3 is 2.64 bits per heavy atom. The Labute approximate surface area is 68.0 Å². The van der Waals surface area contributed by atoms with Crippen LogP contribution in [0.3, 0.4) is 0 Å². The normalized spacial score (nSPS) is 12.2. The van der Waals surface area contributed by atoms with Gasteiger partial charge in [-0.05, 0) is 19.5 Å². The van der Waals surface area contributed by atoms with Crippen LogP contribution in [0.5, 0.6) is 0 Å². The van der Waals surface area contributed by atoms with Gasteiger partial charge in [0.1, 0.15) is 6.29 Å². The Morgan fingerprint density at radius 1 is 1.64 bits per heavy atom. The van der Waals surface area contributed by atoms with Gasteiger partial charge in [-0.3, -0.25) is 10.2 Å². The minimum Gasteiger partial charge on any atom is -0.299 e. The zero-order chi connectivity index (χ0) is 8.69. The summed E-state index contributed by atoms with van der Waals surface area (Å²) in [7, 11) is 3.79. The van der Waals surface area contributed by atoms with Crippen LogP contribution in [-0.2, 0) is 4.79 Å². The number of nitrogens with one attached hydrogen (secondary N) is 1. The lowest BCUT2D eigenvalue weighted by Gasteiger charge is -2.15. The summed E-state index contributed by atoms with van der Waals surface area (Å²) in [5.74, 6) is 0. The fourth-order valence-electron chi connectivity index (χ4n) is 0.762. The van der Waals surface area contributed by atoms with Crippen LogP contribution in [-0.4, -0.2) is 31.9 Å². The molecule has 0 aliphatic carbocycles. The maximum Gasteiger partial charge on any atom is 0.142 e. The zero-order valence-electron chi connectivity index (χ0n) is 7.42. The minimum absolute atomic E-state index is 0.797. The third-order valence-electron chi connectivity index (χ3n) is 1.58. The van der Waals surface area contributed by atoms with E-state index in [1.807, 2.05) is 26.0 Å². The van der Waals surface area contributed by atoms with Crippen molar-refractivity contribution < 1.29 is 4.79 Å². The third-order valence-corrected chi connectivity index (χ3v) is 1.58.